The Balaban J connectivity index is 2.39. The number of nitrogens with zero attached hydrogens (tertiary/aromatic N) is 2. The van der Waals surface area contributed by atoms with Crippen LogP contribution in [0.15, 0.2) is 0 Å². The number of imidazole rings is 1. The van der Waals surface area contributed by atoms with Gasteiger partial charge in [0.05, 0.1) is 5.69 Å². The number of rotatable bonds is 4. The summed E-state index contributed by atoms with van der Waals surface area (Å²) in [6.07, 6.45) is 2.35. The molecule has 1 atom stereocenters. The van der Waals surface area contributed by atoms with Gasteiger partial charge < -0.3 is 9.88 Å². The molecule has 0 aliphatic carbocycles. The molecule has 0 saturated carbocycles. The second kappa shape index (κ2) is 5.43. The third kappa shape index (κ3) is 2.61. The first-order valence-corrected chi connectivity index (χ1v) is 7.31. The zero-order valence-electron chi connectivity index (χ0n) is 12.5. The average Bonchev–Trinajstić information content (AvgIpc) is 2.67. The number of fused-ring (bicyclic) bond motifs is 1. The van der Waals surface area contributed by atoms with Gasteiger partial charge in [-0.15, -0.1) is 0 Å². The van der Waals surface area contributed by atoms with E-state index in [0.29, 0.717) is 12.0 Å². The monoisotopic (exact) mass is 249 g/mol. The van der Waals surface area contributed by atoms with Crippen LogP contribution < -0.4 is 5.32 Å². The molecule has 0 fully saturated rings. The lowest BCUT2D eigenvalue weighted by Gasteiger charge is -2.24. The standard InChI is InChI=1S/C15H27N3/c1-10(2)8-12(5)18-14-6-7-16-9-13(14)17-15(18)11(3)4/h10-12,16H,6-9H2,1-5H3. The highest BCUT2D eigenvalue weighted by Gasteiger charge is 2.24. The van der Waals surface area contributed by atoms with Crippen molar-refractivity contribution in [2.45, 2.75) is 66.0 Å². The fraction of sp³-hybridized carbons (Fsp3) is 0.800. The van der Waals surface area contributed by atoms with Gasteiger partial charge in [-0.05, 0) is 19.3 Å². The van der Waals surface area contributed by atoms with Gasteiger partial charge in [0.15, 0.2) is 0 Å². The van der Waals surface area contributed by atoms with Crippen molar-refractivity contribution in [2.24, 2.45) is 5.92 Å². The van der Waals surface area contributed by atoms with Gasteiger partial charge in [0.25, 0.3) is 0 Å². The SMILES string of the molecule is CC(C)CC(C)n1c(C(C)C)nc2c1CCNC2. The number of nitrogens with one attached hydrogen (secondary N) is 1. The van der Waals surface area contributed by atoms with Crippen molar-refractivity contribution in [1.82, 2.24) is 14.9 Å². The molecule has 3 nitrogen and oxygen atoms in total. The number of hydrogen-bond acceptors (Lipinski definition) is 2. The van der Waals surface area contributed by atoms with Crippen molar-refractivity contribution >= 4 is 0 Å². The molecule has 1 unspecified atom stereocenters. The summed E-state index contributed by atoms with van der Waals surface area (Å²) in [5.74, 6) is 2.52. The maximum Gasteiger partial charge on any atom is 0.112 e. The highest BCUT2D eigenvalue weighted by molar-refractivity contribution is 5.22. The van der Waals surface area contributed by atoms with Crippen LogP contribution in [0.4, 0.5) is 0 Å². The summed E-state index contributed by atoms with van der Waals surface area (Å²) in [5.41, 5.74) is 2.76. The van der Waals surface area contributed by atoms with Crippen LogP contribution in [0.3, 0.4) is 0 Å². The summed E-state index contributed by atoms with van der Waals surface area (Å²) in [5, 5.41) is 3.42. The first kappa shape index (κ1) is 13.6. The normalized spacial score (nSPS) is 17.3. The molecular formula is C15H27N3. The minimum atomic E-state index is 0.505. The lowest BCUT2D eigenvalue weighted by atomic mass is 10.0. The summed E-state index contributed by atoms with van der Waals surface area (Å²) >= 11 is 0. The largest absolute Gasteiger partial charge is 0.329 e. The van der Waals surface area contributed by atoms with Crippen LogP contribution in [0.1, 0.15) is 70.2 Å². The molecule has 2 rings (SSSR count). The molecule has 3 heteroatoms. The summed E-state index contributed by atoms with van der Waals surface area (Å²) < 4.78 is 2.53. The maximum atomic E-state index is 4.88. The summed E-state index contributed by atoms with van der Waals surface area (Å²) in [6, 6.07) is 0.566. The van der Waals surface area contributed by atoms with E-state index in [4.69, 9.17) is 4.98 Å². The van der Waals surface area contributed by atoms with E-state index in [1.165, 1.54) is 23.6 Å². The smallest absolute Gasteiger partial charge is 0.112 e. The van der Waals surface area contributed by atoms with Gasteiger partial charge in [0.2, 0.25) is 0 Å². The first-order chi connectivity index (χ1) is 8.50. The number of hydrogen-bond donors (Lipinski definition) is 1. The number of aromatic nitrogens is 2. The van der Waals surface area contributed by atoms with Crippen LogP contribution in [0.25, 0.3) is 0 Å². The Kier molecular flexibility index (Phi) is 4.10. The topological polar surface area (TPSA) is 29.9 Å². The van der Waals surface area contributed by atoms with Crippen LogP contribution in [-0.2, 0) is 13.0 Å². The van der Waals surface area contributed by atoms with E-state index in [1.807, 2.05) is 0 Å². The highest BCUT2D eigenvalue weighted by Crippen LogP contribution is 2.28. The lowest BCUT2D eigenvalue weighted by molar-refractivity contribution is 0.400. The molecule has 1 aliphatic rings. The summed E-state index contributed by atoms with van der Waals surface area (Å²) in [4.78, 5) is 4.88. The minimum Gasteiger partial charge on any atom is -0.329 e. The molecule has 1 aromatic heterocycles. The molecule has 0 bridgehead atoms. The van der Waals surface area contributed by atoms with E-state index in [2.05, 4.69) is 44.5 Å². The van der Waals surface area contributed by atoms with Crippen molar-refractivity contribution in [1.29, 1.82) is 0 Å². The predicted molar refractivity (Wildman–Crippen MR) is 75.9 cm³/mol. The second-order valence-electron chi connectivity index (χ2n) is 6.29. The van der Waals surface area contributed by atoms with E-state index in [1.54, 1.807) is 0 Å². The van der Waals surface area contributed by atoms with E-state index in [-0.39, 0.29) is 0 Å². The Morgan fingerprint density at radius 2 is 1.94 bits per heavy atom. The molecule has 102 valence electrons. The maximum absolute atomic E-state index is 4.88. The van der Waals surface area contributed by atoms with Gasteiger partial charge in [0.1, 0.15) is 5.82 Å². The van der Waals surface area contributed by atoms with Crippen LogP contribution in [0.5, 0.6) is 0 Å². The molecule has 2 heterocycles. The van der Waals surface area contributed by atoms with Crippen molar-refractivity contribution in [3.8, 4) is 0 Å². The van der Waals surface area contributed by atoms with Gasteiger partial charge in [-0.25, -0.2) is 4.98 Å². The minimum absolute atomic E-state index is 0.505. The molecule has 18 heavy (non-hydrogen) atoms. The van der Waals surface area contributed by atoms with Gasteiger partial charge in [-0.2, -0.15) is 0 Å². The quantitative estimate of drug-likeness (QED) is 0.887. The Hall–Kier alpha value is -0.830. The second-order valence-corrected chi connectivity index (χ2v) is 6.29. The van der Waals surface area contributed by atoms with Crippen molar-refractivity contribution in [3.05, 3.63) is 17.2 Å². The summed E-state index contributed by atoms with van der Waals surface area (Å²) in [6.45, 7) is 13.5. The van der Waals surface area contributed by atoms with Crippen molar-refractivity contribution < 1.29 is 0 Å². The van der Waals surface area contributed by atoms with E-state index >= 15 is 0 Å². The first-order valence-electron chi connectivity index (χ1n) is 7.31. The van der Waals surface area contributed by atoms with Crippen molar-refractivity contribution in [2.75, 3.05) is 6.54 Å². The Morgan fingerprint density at radius 1 is 1.22 bits per heavy atom. The van der Waals surface area contributed by atoms with Gasteiger partial charge in [-0.1, -0.05) is 27.7 Å². The molecular weight excluding hydrogens is 222 g/mol. The molecule has 1 aliphatic heterocycles. The third-order valence-corrected chi connectivity index (χ3v) is 3.72. The molecule has 1 aromatic rings. The average molecular weight is 249 g/mol. The van der Waals surface area contributed by atoms with E-state index in [0.717, 1.165) is 25.4 Å². The van der Waals surface area contributed by atoms with Gasteiger partial charge in [-0.3, -0.25) is 0 Å². The predicted octanol–water partition coefficient (Wildman–Crippen LogP) is 3.26. The fourth-order valence-corrected chi connectivity index (χ4v) is 3.04. The third-order valence-electron chi connectivity index (χ3n) is 3.72. The van der Waals surface area contributed by atoms with Crippen LogP contribution in [0, 0.1) is 5.92 Å². The lowest BCUT2D eigenvalue weighted by Crippen LogP contribution is -2.26. The van der Waals surface area contributed by atoms with Crippen LogP contribution in [-0.4, -0.2) is 16.1 Å². The molecule has 0 aromatic carbocycles. The highest BCUT2D eigenvalue weighted by atomic mass is 15.1. The Bertz CT molecular complexity index is 404. The van der Waals surface area contributed by atoms with E-state index < -0.39 is 0 Å². The zero-order valence-corrected chi connectivity index (χ0v) is 12.5. The van der Waals surface area contributed by atoms with Crippen LogP contribution >= 0.6 is 0 Å². The molecule has 1 N–H and O–H groups in total. The zero-order chi connectivity index (χ0) is 13.3. The Labute approximate surface area is 111 Å². The fourth-order valence-electron chi connectivity index (χ4n) is 3.04. The molecule has 0 radical (unpaired) electrons. The molecule has 0 spiro atoms. The Morgan fingerprint density at radius 3 is 2.56 bits per heavy atom. The van der Waals surface area contributed by atoms with Crippen LogP contribution in [0.2, 0.25) is 0 Å². The van der Waals surface area contributed by atoms with Gasteiger partial charge >= 0.3 is 0 Å². The van der Waals surface area contributed by atoms with Gasteiger partial charge in [0, 0.05) is 37.2 Å². The summed E-state index contributed by atoms with van der Waals surface area (Å²) in [7, 11) is 0. The molecule has 0 saturated heterocycles. The molecule has 0 amide bonds. The van der Waals surface area contributed by atoms with E-state index in [9.17, 15) is 0 Å². The van der Waals surface area contributed by atoms with Crippen molar-refractivity contribution in [3.63, 3.8) is 0 Å².